The number of hydrogen-bond acceptors (Lipinski definition) is 2. The molecule has 1 rings (SSSR count). The molecule has 0 aromatic heterocycles. The molecule has 1 aromatic carbocycles. The van der Waals surface area contributed by atoms with Gasteiger partial charge in [-0.15, -0.1) is 0 Å². The van der Waals surface area contributed by atoms with E-state index in [0.29, 0.717) is 17.1 Å². The highest BCUT2D eigenvalue weighted by molar-refractivity contribution is 6.30. The summed E-state index contributed by atoms with van der Waals surface area (Å²) in [4.78, 5) is 12.1. The van der Waals surface area contributed by atoms with Gasteiger partial charge in [0.05, 0.1) is 0 Å². The second kappa shape index (κ2) is 6.92. The number of benzene rings is 1. The van der Waals surface area contributed by atoms with Gasteiger partial charge in [-0.2, -0.15) is 0 Å². The average Bonchev–Trinajstić information content (AvgIpc) is 2.34. The molecule has 0 bridgehead atoms. The van der Waals surface area contributed by atoms with Gasteiger partial charge in [0.2, 0.25) is 0 Å². The Morgan fingerprint density at radius 2 is 2.11 bits per heavy atom. The van der Waals surface area contributed by atoms with Crippen LogP contribution in [0.4, 0.5) is 0 Å². The molecule has 3 nitrogen and oxygen atoms in total. The summed E-state index contributed by atoms with van der Waals surface area (Å²) < 4.78 is 0. The molecule has 4 heteroatoms. The molecule has 0 atom stereocenters. The molecule has 1 aromatic rings. The molecule has 0 saturated heterocycles. The van der Waals surface area contributed by atoms with E-state index < -0.39 is 0 Å². The number of nitrogens with one attached hydrogen (secondary N) is 1. The van der Waals surface area contributed by atoms with Crippen molar-refractivity contribution in [2.75, 3.05) is 13.2 Å². The van der Waals surface area contributed by atoms with Gasteiger partial charge < -0.3 is 10.4 Å². The van der Waals surface area contributed by atoms with Gasteiger partial charge in [0.1, 0.15) is 0 Å². The molecule has 0 fully saturated rings. The topological polar surface area (TPSA) is 49.3 Å². The first-order chi connectivity index (χ1) is 8.85. The Morgan fingerprint density at radius 3 is 2.68 bits per heavy atom. The van der Waals surface area contributed by atoms with E-state index in [9.17, 15) is 4.79 Å². The number of amides is 1. The summed E-state index contributed by atoms with van der Waals surface area (Å²) >= 11 is 5.87. The van der Waals surface area contributed by atoms with Crippen LogP contribution in [0.3, 0.4) is 0 Å². The van der Waals surface area contributed by atoms with Gasteiger partial charge in [-0.05, 0) is 48.9 Å². The van der Waals surface area contributed by atoms with Gasteiger partial charge in [-0.3, -0.25) is 4.79 Å². The Bertz CT molecular complexity index is 444. The maximum Gasteiger partial charge on any atom is 0.251 e. The standard InChI is InChI=1S/C15H22ClNO2/c1-11-9-12(16)5-6-13(11)14(19)17-10-15(2,3)7-4-8-18/h5-6,9,18H,4,7-8,10H2,1-3H3,(H,17,19). The number of rotatable bonds is 6. The van der Waals surface area contributed by atoms with Crippen molar-refractivity contribution in [1.82, 2.24) is 5.32 Å². The molecule has 0 heterocycles. The normalized spacial score (nSPS) is 11.4. The molecule has 0 spiro atoms. The zero-order valence-corrected chi connectivity index (χ0v) is 12.5. The molecule has 0 aliphatic rings. The SMILES string of the molecule is Cc1cc(Cl)ccc1C(=O)NCC(C)(C)CCCO. The lowest BCUT2D eigenvalue weighted by Crippen LogP contribution is -2.34. The fraction of sp³-hybridized carbons (Fsp3) is 0.533. The third-order valence-corrected chi connectivity index (χ3v) is 3.41. The maximum atomic E-state index is 12.1. The van der Waals surface area contributed by atoms with Crippen LogP contribution in [0.5, 0.6) is 0 Å². The number of aliphatic hydroxyl groups is 1. The van der Waals surface area contributed by atoms with Crippen molar-refractivity contribution in [2.45, 2.75) is 33.6 Å². The second-order valence-electron chi connectivity index (χ2n) is 5.63. The van der Waals surface area contributed by atoms with Crippen LogP contribution in [-0.2, 0) is 0 Å². The van der Waals surface area contributed by atoms with E-state index >= 15 is 0 Å². The van der Waals surface area contributed by atoms with E-state index in [4.69, 9.17) is 16.7 Å². The third-order valence-electron chi connectivity index (χ3n) is 3.17. The van der Waals surface area contributed by atoms with Gasteiger partial charge in [-0.25, -0.2) is 0 Å². The third kappa shape index (κ3) is 5.21. The minimum absolute atomic E-state index is 0.0152. The summed E-state index contributed by atoms with van der Waals surface area (Å²) in [5.74, 6) is -0.0776. The highest BCUT2D eigenvalue weighted by Crippen LogP contribution is 2.21. The summed E-state index contributed by atoms with van der Waals surface area (Å²) in [6, 6.07) is 5.25. The van der Waals surface area contributed by atoms with Gasteiger partial charge in [0.25, 0.3) is 5.91 Å². The van der Waals surface area contributed by atoms with Crippen molar-refractivity contribution in [1.29, 1.82) is 0 Å². The molecule has 2 N–H and O–H groups in total. The minimum atomic E-state index is -0.0776. The predicted molar refractivity (Wildman–Crippen MR) is 78.6 cm³/mol. The summed E-state index contributed by atoms with van der Waals surface area (Å²) in [7, 11) is 0. The number of carbonyl (C=O) groups is 1. The molecular formula is C15H22ClNO2. The lowest BCUT2D eigenvalue weighted by Gasteiger charge is -2.24. The quantitative estimate of drug-likeness (QED) is 0.842. The first kappa shape index (κ1) is 16.0. The van der Waals surface area contributed by atoms with Crippen LogP contribution in [0.15, 0.2) is 18.2 Å². The predicted octanol–water partition coefficient (Wildman–Crippen LogP) is 3.18. The molecule has 0 radical (unpaired) electrons. The van der Waals surface area contributed by atoms with E-state index in [1.54, 1.807) is 18.2 Å². The first-order valence-electron chi connectivity index (χ1n) is 6.51. The monoisotopic (exact) mass is 283 g/mol. The second-order valence-corrected chi connectivity index (χ2v) is 6.07. The van der Waals surface area contributed by atoms with E-state index in [0.717, 1.165) is 18.4 Å². The Labute approximate surface area is 120 Å². The summed E-state index contributed by atoms with van der Waals surface area (Å²) in [6.07, 6.45) is 1.63. The van der Waals surface area contributed by atoms with Gasteiger partial charge >= 0.3 is 0 Å². The number of hydrogen-bond donors (Lipinski definition) is 2. The van der Waals surface area contributed by atoms with Crippen LogP contribution in [0, 0.1) is 12.3 Å². The highest BCUT2D eigenvalue weighted by atomic mass is 35.5. The van der Waals surface area contributed by atoms with Crippen molar-refractivity contribution in [3.8, 4) is 0 Å². The van der Waals surface area contributed by atoms with Crippen molar-refractivity contribution in [2.24, 2.45) is 5.41 Å². The molecule has 1 amide bonds. The van der Waals surface area contributed by atoms with E-state index in [1.807, 2.05) is 6.92 Å². The summed E-state index contributed by atoms with van der Waals surface area (Å²) in [5, 5.41) is 12.4. The zero-order chi connectivity index (χ0) is 14.5. The molecular weight excluding hydrogens is 262 g/mol. The van der Waals surface area contributed by atoms with Crippen molar-refractivity contribution in [3.05, 3.63) is 34.3 Å². The molecule has 0 unspecified atom stereocenters. The summed E-state index contributed by atoms with van der Waals surface area (Å²) in [5.41, 5.74) is 1.51. The number of aliphatic hydroxyl groups excluding tert-OH is 1. The number of halogens is 1. The molecule has 0 aliphatic carbocycles. The van der Waals surface area contributed by atoms with Gasteiger partial charge in [-0.1, -0.05) is 25.4 Å². The van der Waals surface area contributed by atoms with Crippen molar-refractivity contribution in [3.63, 3.8) is 0 Å². The Kier molecular flexibility index (Phi) is 5.83. The largest absolute Gasteiger partial charge is 0.396 e. The van der Waals surface area contributed by atoms with E-state index in [1.165, 1.54) is 0 Å². The van der Waals surface area contributed by atoms with Gasteiger partial charge in [0.15, 0.2) is 0 Å². The van der Waals surface area contributed by atoms with Crippen LogP contribution in [0.2, 0.25) is 5.02 Å². The molecule has 0 aliphatic heterocycles. The fourth-order valence-corrected chi connectivity index (χ4v) is 2.17. The Morgan fingerprint density at radius 1 is 1.42 bits per heavy atom. The Balaban J connectivity index is 2.60. The van der Waals surface area contributed by atoms with E-state index in [-0.39, 0.29) is 17.9 Å². The molecule has 106 valence electrons. The van der Waals surface area contributed by atoms with Crippen LogP contribution in [-0.4, -0.2) is 24.2 Å². The molecule has 19 heavy (non-hydrogen) atoms. The zero-order valence-electron chi connectivity index (χ0n) is 11.8. The van der Waals surface area contributed by atoms with Crippen molar-refractivity contribution >= 4 is 17.5 Å². The highest BCUT2D eigenvalue weighted by Gasteiger charge is 2.19. The number of aryl methyl sites for hydroxylation is 1. The van der Waals surface area contributed by atoms with Crippen molar-refractivity contribution < 1.29 is 9.90 Å². The van der Waals surface area contributed by atoms with Crippen LogP contribution in [0.1, 0.15) is 42.6 Å². The maximum absolute atomic E-state index is 12.1. The first-order valence-corrected chi connectivity index (χ1v) is 6.89. The van der Waals surface area contributed by atoms with Crippen LogP contribution in [0.25, 0.3) is 0 Å². The lowest BCUT2D eigenvalue weighted by atomic mass is 9.88. The smallest absolute Gasteiger partial charge is 0.251 e. The van der Waals surface area contributed by atoms with Gasteiger partial charge in [0, 0.05) is 23.7 Å². The average molecular weight is 284 g/mol. The fourth-order valence-electron chi connectivity index (χ4n) is 1.94. The van der Waals surface area contributed by atoms with Crippen LogP contribution >= 0.6 is 11.6 Å². The lowest BCUT2D eigenvalue weighted by molar-refractivity contribution is 0.0932. The molecule has 0 saturated carbocycles. The summed E-state index contributed by atoms with van der Waals surface area (Å²) in [6.45, 7) is 6.81. The Hall–Kier alpha value is -1.06. The number of carbonyl (C=O) groups excluding carboxylic acids is 1. The minimum Gasteiger partial charge on any atom is -0.396 e. The van der Waals surface area contributed by atoms with Crippen LogP contribution < -0.4 is 5.32 Å². The van der Waals surface area contributed by atoms with E-state index in [2.05, 4.69) is 19.2 Å².